The molecule has 0 aliphatic carbocycles. The molecule has 1 atom stereocenters. The van der Waals surface area contributed by atoms with E-state index in [1.165, 1.54) is 6.07 Å². The highest BCUT2D eigenvalue weighted by Crippen LogP contribution is 2.32. The number of rotatable bonds is 1. The average Bonchev–Trinajstić information content (AvgIpc) is 2.68. The predicted octanol–water partition coefficient (Wildman–Crippen LogP) is -0.191. The molecule has 2 aliphatic heterocycles. The lowest BCUT2D eigenvalue weighted by Crippen LogP contribution is -2.54. The van der Waals surface area contributed by atoms with Gasteiger partial charge >= 0.3 is 0 Å². The van der Waals surface area contributed by atoms with Gasteiger partial charge in [-0.3, -0.25) is 29.4 Å². The Morgan fingerprint density at radius 3 is 2.43 bits per heavy atom. The molecule has 108 valence electrons. The van der Waals surface area contributed by atoms with Crippen molar-refractivity contribution in [3.8, 4) is 0 Å². The summed E-state index contributed by atoms with van der Waals surface area (Å²) in [5.74, 6) is -3.82. The van der Waals surface area contributed by atoms with Crippen molar-refractivity contribution < 1.29 is 23.6 Å². The zero-order valence-corrected chi connectivity index (χ0v) is 10.7. The fourth-order valence-corrected chi connectivity index (χ4v) is 2.58. The summed E-state index contributed by atoms with van der Waals surface area (Å²) >= 11 is 0. The van der Waals surface area contributed by atoms with E-state index in [9.17, 15) is 23.6 Å². The number of nitrogens with two attached hydrogens (primary N) is 1. The van der Waals surface area contributed by atoms with Gasteiger partial charge in [-0.15, -0.1) is 0 Å². The third kappa shape index (κ3) is 1.79. The van der Waals surface area contributed by atoms with Crippen LogP contribution in [0.3, 0.4) is 0 Å². The third-order valence-corrected chi connectivity index (χ3v) is 3.57. The molecule has 3 rings (SSSR count). The van der Waals surface area contributed by atoms with Gasteiger partial charge in [-0.2, -0.15) is 0 Å². The highest BCUT2D eigenvalue weighted by molar-refractivity contribution is 6.25. The van der Waals surface area contributed by atoms with Gasteiger partial charge < -0.3 is 5.73 Å². The van der Waals surface area contributed by atoms with Crippen molar-refractivity contribution in [3.63, 3.8) is 0 Å². The van der Waals surface area contributed by atoms with Crippen molar-refractivity contribution in [2.75, 3.05) is 5.73 Å². The van der Waals surface area contributed by atoms with Gasteiger partial charge in [0, 0.05) is 12.1 Å². The molecule has 1 fully saturated rings. The summed E-state index contributed by atoms with van der Waals surface area (Å²) in [5, 5.41) is 2.05. The van der Waals surface area contributed by atoms with Crippen molar-refractivity contribution in [2.24, 2.45) is 0 Å². The standard InChI is InChI=1S/C13H10FN3O4/c14-5-1-2-6(15)10-9(5)12(20)17(13(10)21)7-3-4-8(18)16-11(7)19/h1-2,7H,3-4,15H2,(H,16,18,19). The Morgan fingerprint density at radius 1 is 1.14 bits per heavy atom. The molecule has 2 heterocycles. The lowest BCUT2D eigenvalue weighted by molar-refractivity contribution is -0.136. The number of nitrogens with zero attached hydrogens (tertiary/aromatic N) is 1. The van der Waals surface area contributed by atoms with Crippen LogP contribution in [0.1, 0.15) is 33.6 Å². The monoisotopic (exact) mass is 291 g/mol. The molecule has 1 saturated heterocycles. The van der Waals surface area contributed by atoms with Gasteiger partial charge in [-0.1, -0.05) is 0 Å². The second-order valence-corrected chi connectivity index (χ2v) is 4.83. The Bertz CT molecular complexity index is 675. The molecule has 0 saturated carbocycles. The van der Waals surface area contributed by atoms with Crippen LogP contribution in [0.15, 0.2) is 12.1 Å². The summed E-state index contributed by atoms with van der Waals surface area (Å²) in [6, 6.07) is 1.05. The molecule has 21 heavy (non-hydrogen) atoms. The molecule has 2 aliphatic rings. The molecule has 7 nitrogen and oxygen atoms in total. The maximum absolute atomic E-state index is 13.8. The minimum Gasteiger partial charge on any atom is -0.398 e. The van der Waals surface area contributed by atoms with Crippen LogP contribution < -0.4 is 11.1 Å². The molecule has 1 aromatic carbocycles. The SMILES string of the molecule is Nc1ccc(F)c2c1C(=O)N(C1CCC(=O)NC1=O)C2=O. The van der Waals surface area contributed by atoms with E-state index in [0.29, 0.717) is 4.90 Å². The predicted molar refractivity (Wildman–Crippen MR) is 67.5 cm³/mol. The van der Waals surface area contributed by atoms with Crippen molar-refractivity contribution in [3.05, 3.63) is 29.1 Å². The lowest BCUT2D eigenvalue weighted by atomic mass is 10.0. The van der Waals surface area contributed by atoms with E-state index in [4.69, 9.17) is 5.73 Å². The lowest BCUT2D eigenvalue weighted by Gasteiger charge is -2.27. The zero-order valence-electron chi connectivity index (χ0n) is 10.7. The van der Waals surface area contributed by atoms with Crippen molar-refractivity contribution >= 4 is 29.3 Å². The number of carbonyl (C=O) groups excluding carboxylic acids is 4. The first-order valence-electron chi connectivity index (χ1n) is 6.21. The third-order valence-electron chi connectivity index (χ3n) is 3.57. The fraction of sp³-hybridized carbons (Fsp3) is 0.231. The molecule has 3 N–H and O–H groups in total. The van der Waals surface area contributed by atoms with Crippen LogP contribution in [0, 0.1) is 5.82 Å². The van der Waals surface area contributed by atoms with Crippen LogP contribution in [0.4, 0.5) is 10.1 Å². The summed E-state index contributed by atoms with van der Waals surface area (Å²) in [6.07, 6.45) is 0.0133. The van der Waals surface area contributed by atoms with Gasteiger partial charge in [0.05, 0.1) is 11.1 Å². The van der Waals surface area contributed by atoms with Gasteiger partial charge in [-0.05, 0) is 18.6 Å². The topological polar surface area (TPSA) is 110 Å². The first kappa shape index (κ1) is 13.2. The summed E-state index contributed by atoms with van der Waals surface area (Å²) in [4.78, 5) is 48.1. The van der Waals surface area contributed by atoms with Crippen LogP contribution in [0.5, 0.6) is 0 Å². The number of amides is 4. The minimum absolute atomic E-state index is 0.00176. The van der Waals surface area contributed by atoms with E-state index in [1.54, 1.807) is 0 Å². The van der Waals surface area contributed by atoms with Crippen LogP contribution in [-0.4, -0.2) is 34.6 Å². The number of anilines is 1. The maximum Gasteiger partial charge on any atom is 0.265 e. The fourth-order valence-electron chi connectivity index (χ4n) is 2.58. The highest BCUT2D eigenvalue weighted by atomic mass is 19.1. The van der Waals surface area contributed by atoms with Crippen LogP contribution >= 0.6 is 0 Å². The number of imide groups is 2. The minimum atomic E-state index is -1.13. The Morgan fingerprint density at radius 2 is 1.81 bits per heavy atom. The van der Waals surface area contributed by atoms with E-state index in [2.05, 4.69) is 5.32 Å². The van der Waals surface area contributed by atoms with Gasteiger partial charge in [0.15, 0.2) is 0 Å². The highest BCUT2D eigenvalue weighted by Gasteiger charge is 2.46. The molecule has 4 amide bonds. The largest absolute Gasteiger partial charge is 0.398 e. The van der Waals surface area contributed by atoms with Crippen LogP contribution in [0.25, 0.3) is 0 Å². The molecule has 1 aromatic rings. The first-order chi connectivity index (χ1) is 9.91. The summed E-state index contributed by atoms with van der Waals surface area (Å²) in [6.45, 7) is 0. The summed E-state index contributed by atoms with van der Waals surface area (Å²) in [5.41, 5.74) is 4.93. The smallest absolute Gasteiger partial charge is 0.265 e. The number of nitrogens with one attached hydrogen (secondary N) is 1. The molecular formula is C13H10FN3O4. The normalized spacial score (nSPS) is 21.6. The molecule has 8 heteroatoms. The molecule has 1 unspecified atom stereocenters. The molecule has 0 bridgehead atoms. The van der Waals surface area contributed by atoms with Gasteiger partial charge in [0.1, 0.15) is 11.9 Å². The van der Waals surface area contributed by atoms with E-state index in [1.807, 2.05) is 0 Å². The van der Waals surface area contributed by atoms with E-state index in [-0.39, 0.29) is 24.1 Å². The number of carbonyl (C=O) groups is 4. The van der Waals surface area contributed by atoms with E-state index in [0.717, 1.165) is 6.07 Å². The number of benzene rings is 1. The second-order valence-electron chi connectivity index (χ2n) is 4.83. The van der Waals surface area contributed by atoms with E-state index >= 15 is 0 Å². The number of fused-ring (bicyclic) bond motifs is 1. The zero-order chi connectivity index (χ0) is 15.3. The van der Waals surface area contributed by atoms with Crippen molar-refractivity contribution in [1.82, 2.24) is 10.2 Å². The number of halogens is 1. The Hall–Kier alpha value is -2.77. The molecule has 0 radical (unpaired) electrons. The van der Waals surface area contributed by atoms with Crippen molar-refractivity contribution in [1.29, 1.82) is 0 Å². The maximum atomic E-state index is 13.8. The van der Waals surface area contributed by atoms with Gasteiger partial charge in [0.25, 0.3) is 11.8 Å². The average molecular weight is 291 g/mol. The summed E-state index contributed by atoms with van der Waals surface area (Å²) in [7, 11) is 0. The Labute approximate surface area is 117 Å². The number of nitrogen functional groups attached to an aromatic ring is 1. The van der Waals surface area contributed by atoms with Gasteiger partial charge in [-0.25, -0.2) is 4.39 Å². The quantitative estimate of drug-likeness (QED) is 0.550. The molecule has 0 spiro atoms. The second kappa shape index (κ2) is 4.37. The molecular weight excluding hydrogens is 281 g/mol. The number of hydrogen-bond acceptors (Lipinski definition) is 5. The molecule has 0 aromatic heterocycles. The van der Waals surface area contributed by atoms with Crippen molar-refractivity contribution in [2.45, 2.75) is 18.9 Å². The number of piperidine rings is 1. The Balaban J connectivity index is 2.05. The first-order valence-corrected chi connectivity index (χ1v) is 6.21. The van der Waals surface area contributed by atoms with E-state index < -0.39 is 41.1 Å². The number of hydrogen-bond donors (Lipinski definition) is 2. The van der Waals surface area contributed by atoms with Crippen LogP contribution in [-0.2, 0) is 9.59 Å². The van der Waals surface area contributed by atoms with Crippen LogP contribution in [0.2, 0.25) is 0 Å². The summed E-state index contributed by atoms with van der Waals surface area (Å²) < 4.78 is 13.8. The Kier molecular flexibility index (Phi) is 2.75. The van der Waals surface area contributed by atoms with Gasteiger partial charge in [0.2, 0.25) is 11.8 Å².